The lowest BCUT2D eigenvalue weighted by molar-refractivity contribution is -0.141. The number of aromatic nitrogens is 2. The molecule has 1 aliphatic heterocycles. The van der Waals surface area contributed by atoms with Crippen LogP contribution in [0.1, 0.15) is 23.6 Å². The minimum atomic E-state index is -0.601. The molecule has 7 nitrogen and oxygen atoms in total. The van der Waals surface area contributed by atoms with E-state index < -0.39 is 11.8 Å². The standard InChI is InChI=1S/C37H27ClN4O3/c1-25-33(36(43)41(37(44)34(25)21-39)22-26-8-4-2-5-9-26)20-29-23-42(31-10-6-3-7-11-31)40-35(29)28-14-18-32(19-15-28)45-24-27-12-16-30(38)17-13-27/h2-20,23H,22,24H2,1H3/b33-20+. The summed E-state index contributed by atoms with van der Waals surface area (Å²) in [6, 6.07) is 35.9. The van der Waals surface area contributed by atoms with E-state index in [9.17, 15) is 14.9 Å². The Bertz CT molecular complexity index is 1970. The minimum absolute atomic E-state index is 0.0575. The summed E-state index contributed by atoms with van der Waals surface area (Å²) in [5.41, 5.74) is 5.24. The molecule has 2 heterocycles. The number of nitriles is 1. The van der Waals surface area contributed by atoms with Crippen molar-refractivity contribution in [3.63, 3.8) is 0 Å². The van der Waals surface area contributed by atoms with Crippen molar-refractivity contribution >= 4 is 29.5 Å². The summed E-state index contributed by atoms with van der Waals surface area (Å²) in [5.74, 6) is -0.383. The molecule has 0 spiro atoms. The molecule has 1 aromatic heterocycles. The molecule has 0 unspecified atom stereocenters. The van der Waals surface area contributed by atoms with Crippen molar-refractivity contribution in [1.29, 1.82) is 5.26 Å². The maximum absolute atomic E-state index is 13.8. The zero-order chi connectivity index (χ0) is 31.3. The lowest BCUT2D eigenvalue weighted by Gasteiger charge is -2.27. The van der Waals surface area contributed by atoms with Gasteiger partial charge in [0.1, 0.15) is 24.0 Å². The molecule has 0 bridgehead atoms. The topological polar surface area (TPSA) is 88.2 Å². The Morgan fingerprint density at radius 3 is 2.18 bits per heavy atom. The second-order valence-corrected chi connectivity index (χ2v) is 10.9. The van der Waals surface area contributed by atoms with Crippen molar-refractivity contribution in [2.45, 2.75) is 20.1 Å². The van der Waals surface area contributed by atoms with Gasteiger partial charge in [0.2, 0.25) is 0 Å². The summed E-state index contributed by atoms with van der Waals surface area (Å²) in [6.45, 7) is 2.08. The van der Waals surface area contributed by atoms with Crippen LogP contribution in [0, 0.1) is 11.3 Å². The molecule has 0 saturated heterocycles. The third-order valence-electron chi connectivity index (χ3n) is 7.52. The van der Waals surface area contributed by atoms with Gasteiger partial charge in [0.05, 0.1) is 17.9 Å². The van der Waals surface area contributed by atoms with Crippen LogP contribution in [-0.2, 0) is 22.7 Å². The number of imide groups is 1. The fraction of sp³-hybridized carbons (Fsp3) is 0.0811. The van der Waals surface area contributed by atoms with Crippen LogP contribution in [0.5, 0.6) is 5.75 Å². The second-order valence-electron chi connectivity index (χ2n) is 10.5. The highest BCUT2D eigenvalue weighted by Gasteiger charge is 2.35. The van der Waals surface area contributed by atoms with E-state index in [0.29, 0.717) is 34.2 Å². The molecule has 1 aliphatic rings. The number of ether oxygens (including phenoxy) is 1. The number of carbonyl (C=O) groups is 2. The summed E-state index contributed by atoms with van der Waals surface area (Å²) in [7, 11) is 0. The van der Waals surface area contributed by atoms with Crippen LogP contribution in [0.2, 0.25) is 5.02 Å². The maximum Gasteiger partial charge on any atom is 0.271 e. The first-order valence-corrected chi connectivity index (χ1v) is 14.6. The van der Waals surface area contributed by atoms with Crippen LogP contribution in [-0.4, -0.2) is 26.5 Å². The number of nitrogens with zero attached hydrogens (tertiary/aromatic N) is 4. The minimum Gasteiger partial charge on any atom is -0.489 e. The van der Waals surface area contributed by atoms with E-state index in [-0.39, 0.29) is 17.7 Å². The SMILES string of the molecule is CC1=C(C#N)C(=O)N(Cc2ccccc2)C(=O)/C1=C/c1cn(-c2ccccc2)nc1-c1ccc(OCc2ccc(Cl)cc2)cc1. The monoisotopic (exact) mass is 610 g/mol. The van der Waals surface area contributed by atoms with Crippen molar-refractivity contribution in [3.8, 4) is 28.8 Å². The summed E-state index contributed by atoms with van der Waals surface area (Å²) in [6.07, 6.45) is 3.55. The van der Waals surface area contributed by atoms with Gasteiger partial charge < -0.3 is 4.74 Å². The molecule has 4 aromatic carbocycles. The Morgan fingerprint density at radius 2 is 1.51 bits per heavy atom. The Labute approximate surface area is 265 Å². The van der Waals surface area contributed by atoms with Gasteiger partial charge in [-0.15, -0.1) is 0 Å². The van der Waals surface area contributed by atoms with Crippen molar-refractivity contribution < 1.29 is 14.3 Å². The number of carbonyl (C=O) groups excluding carboxylic acids is 2. The number of amides is 2. The van der Waals surface area contributed by atoms with Crippen molar-refractivity contribution in [3.05, 3.63) is 154 Å². The first-order valence-electron chi connectivity index (χ1n) is 14.3. The normalized spacial score (nSPS) is 14.2. The Morgan fingerprint density at radius 1 is 0.844 bits per heavy atom. The lowest BCUT2D eigenvalue weighted by atomic mass is 9.93. The summed E-state index contributed by atoms with van der Waals surface area (Å²) >= 11 is 5.99. The first-order chi connectivity index (χ1) is 21.9. The molecule has 6 rings (SSSR count). The molecule has 0 fully saturated rings. The van der Waals surface area contributed by atoms with Gasteiger partial charge in [-0.2, -0.15) is 10.4 Å². The molecule has 0 radical (unpaired) electrons. The number of para-hydroxylation sites is 1. The molecular weight excluding hydrogens is 584 g/mol. The zero-order valence-electron chi connectivity index (χ0n) is 24.4. The van der Waals surface area contributed by atoms with Crippen LogP contribution in [0.3, 0.4) is 0 Å². The number of hydrogen-bond donors (Lipinski definition) is 0. The summed E-state index contributed by atoms with van der Waals surface area (Å²) in [4.78, 5) is 28.2. The molecule has 8 heteroatoms. The average Bonchev–Trinajstić information content (AvgIpc) is 3.50. The van der Waals surface area contributed by atoms with Crippen molar-refractivity contribution in [1.82, 2.24) is 14.7 Å². The molecular formula is C37H27ClN4O3. The van der Waals surface area contributed by atoms with Gasteiger partial charge in [0.25, 0.3) is 11.8 Å². The van der Waals surface area contributed by atoms with Crippen LogP contribution in [0.4, 0.5) is 0 Å². The van der Waals surface area contributed by atoms with E-state index in [1.807, 2.05) is 121 Å². The molecule has 0 atom stereocenters. The molecule has 0 N–H and O–H groups in total. The van der Waals surface area contributed by atoms with Crippen molar-refractivity contribution in [2.75, 3.05) is 0 Å². The highest BCUT2D eigenvalue weighted by molar-refractivity contribution is 6.30. The second kappa shape index (κ2) is 12.9. The predicted molar refractivity (Wildman–Crippen MR) is 173 cm³/mol. The molecule has 0 aliphatic carbocycles. The average molecular weight is 611 g/mol. The molecule has 5 aromatic rings. The van der Waals surface area contributed by atoms with Gasteiger partial charge >= 0.3 is 0 Å². The molecule has 45 heavy (non-hydrogen) atoms. The van der Waals surface area contributed by atoms with Gasteiger partial charge in [0, 0.05) is 27.9 Å². The largest absolute Gasteiger partial charge is 0.489 e. The number of benzene rings is 4. The highest BCUT2D eigenvalue weighted by atomic mass is 35.5. The Hall–Kier alpha value is -5.71. The quantitative estimate of drug-likeness (QED) is 0.134. The number of hydrogen-bond acceptors (Lipinski definition) is 5. The fourth-order valence-corrected chi connectivity index (χ4v) is 5.21. The van der Waals surface area contributed by atoms with Gasteiger partial charge in [-0.3, -0.25) is 14.5 Å². The number of rotatable bonds is 8. The zero-order valence-corrected chi connectivity index (χ0v) is 25.1. The first kappa shape index (κ1) is 29.4. The van der Waals surface area contributed by atoms with Crippen molar-refractivity contribution in [2.24, 2.45) is 0 Å². The van der Waals surface area contributed by atoms with Gasteiger partial charge in [-0.05, 0) is 78.2 Å². The van der Waals surface area contributed by atoms with E-state index >= 15 is 0 Å². The third-order valence-corrected chi connectivity index (χ3v) is 7.77. The van der Waals surface area contributed by atoms with E-state index in [0.717, 1.165) is 27.3 Å². The van der Waals surface area contributed by atoms with E-state index in [2.05, 4.69) is 0 Å². The summed E-state index contributed by atoms with van der Waals surface area (Å²) < 4.78 is 7.72. The highest BCUT2D eigenvalue weighted by Crippen LogP contribution is 2.32. The third kappa shape index (κ3) is 6.32. The predicted octanol–water partition coefficient (Wildman–Crippen LogP) is 7.56. The smallest absolute Gasteiger partial charge is 0.271 e. The van der Waals surface area contributed by atoms with Crippen LogP contribution in [0.15, 0.2) is 132 Å². The fourth-order valence-electron chi connectivity index (χ4n) is 5.08. The number of halogens is 1. The van der Waals surface area contributed by atoms with E-state index in [4.69, 9.17) is 21.4 Å². The Balaban J connectivity index is 1.38. The maximum atomic E-state index is 13.8. The lowest BCUT2D eigenvalue weighted by Crippen LogP contribution is -2.42. The van der Waals surface area contributed by atoms with Gasteiger partial charge in [0.15, 0.2) is 0 Å². The van der Waals surface area contributed by atoms with E-state index in [1.165, 1.54) is 0 Å². The van der Waals surface area contributed by atoms with Crippen LogP contribution in [0.25, 0.3) is 23.0 Å². The van der Waals surface area contributed by atoms with E-state index in [1.54, 1.807) is 17.7 Å². The van der Waals surface area contributed by atoms with Crippen LogP contribution < -0.4 is 4.74 Å². The molecule has 0 saturated carbocycles. The van der Waals surface area contributed by atoms with Gasteiger partial charge in [-0.1, -0.05) is 72.3 Å². The molecule has 220 valence electrons. The van der Waals surface area contributed by atoms with Crippen LogP contribution >= 0.6 is 11.6 Å². The van der Waals surface area contributed by atoms with Gasteiger partial charge in [-0.25, -0.2) is 4.68 Å². The molecule has 2 amide bonds. The summed E-state index contributed by atoms with van der Waals surface area (Å²) in [5, 5.41) is 15.5. The Kier molecular flexibility index (Phi) is 8.41.